The van der Waals surface area contributed by atoms with Crippen LogP contribution in [0, 0.1) is 11.7 Å². The summed E-state index contributed by atoms with van der Waals surface area (Å²) in [5.41, 5.74) is 0. The number of benzene rings is 1. The lowest BCUT2D eigenvalue weighted by atomic mass is 10.0. The molecule has 1 aliphatic carbocycles. The van der Waals surface area contributed by atoms with Gasteiger partial charge in [0.25, 0.3) is 5.91 Å². The summed E-state index contributed by atoms with van der Waals surface area (Å²) >= 11 is 5.95. The Morgan fingerprint density at radius 1 is 1.38 bits per heavy atom. The quantitative estimate of drug-likeness (QED) is 0.852. The van der Waals surface area contributed by atoms with Gasteiger partial charge < -0.3 is 15.0 Å². The van der Waals surface area contributed by atoms with Crippen molar-refractivity contribution in [1.29, 1.82) is 0 Å². The Kier molecular flexibility index (Phi) is 5.61. The van der Waals surface area contributed by atoms with Gasteiger partial charge in [-0.05, 0) is 63.3 Å². The minimum atomic E-state index is -0.635. The molecule has 2 aliphatic rings. The molecule has 4 nitrogen and oxygen atoms in total. The Morgan fingerprint density at radius 2 is 2.08 bits per heavy atom. The van der Waals surface area contributed by atoms with Gasteiger partial charge in [-0.15, -0.1) is 0 Å². The van der Waals surface area contributed by atoms with E-state index >= 15 is 0 Å². The number of ether oxygens (including phenoxy) is 1. The molecule has 24 heavy (non-hydrogen) atoms. The summed E-state index contributed by atoms with van der Waals surface area (Å²) in [6.07, 6.45) is 4.02. The average Bonchev–Trinajstić information content (AvgIpc) is 3.39. The third-order valence-electron chi connectivity index (χ3n) is 4.74. The zero-order valence-electron chi connectivity index (χ0n) is 13.9. The van der Waals surface area contributed by atoms with Crippen LogP contribution in [0.15, 0.2) is 18.2 Å². The highest BCUT2D eigenvalue weighted by Gasteiger charge is 2.28. The SMILES string of the molecule is CC(Oc1ccc(F)cc1Cl)C(=O)N1CCC(NCC2CC2)CC1. The molecule has 1 aromatic carbocycles. The van der Waals surface area contributed by atoms with E-state index in [0.29, 0.717) is 11.8 Å². The van der Waals surface area contributed by atoms with Crippen molar-refractivity contribution >= 4 is 17.5 Å². The summed E-state index contributed by atoms with van der Waals surface area (Å²) in [5, 5.41) is 3.78. The predicted octanol–water partition coefficient (Wildman–Crippen LogP) is 3.24. The van der Waals surface area contributed by atoms with Gasteiger partial charge in [0.2, 0.25) is 0 Å². The van der Waals surface area contributed by atoms with Gasteiger partial charge in [0, 0.05) is 19.1 Å². The van der Waals surface area contributed by atoms with E-state index in [1.165, 1.54) is 31.0 Å². The Balaban J connectivity index is 1.47. The molecule has 0 radical (unpaired) electrons. The molecule has 1 aliphatic heterocycles. The van der Waals surface area contributed by atoms with Crippen LogP contribution < -0.4 is 10.1 Å². The molecule has 0 bridgehead atoms. The van der Waals surface area contributed by atoms with E-state index in [2.05, 4.69) is 5.32 Å². The van der Waals surface area contributed by atoms with Crippen molar-refractivity contribution in [1.82, 2.24) is 10.2 Å². The Morgan fingerprint density at radius 3 is 2.71 bits per heavy atom. The molecule has 1 N–H and O–H groups in total. The Hall–Kier alpha value is -1.33. The topological polar surface area (TPSA) is 41.6 Å². The van der Waals surface area contributed by atoms with Crippen molar-refractivity contribution < 1.29 is 13.9 Å². The normalized spacial score (nSPS) is 20.0. The number of carbonyl (C=O) groups is 1. The number of nitrogens with one attached hydrogen (secondary N) is 1. The number of hydrogen-bond acceptors (Lipinski definition) is 3. The first-order valence-electron chi connectivity index (χ1n) is 8.67. The molecule has 0 aromatic heterocycles. The zero-order valence-corrected chi connectivity index (χ0v) is 14.7. The maximum atomic E-state index is 13.1. The standard InChI is InChI=1S/C18H24ClFN2O2/c1-12(24-17-5-4-14(20)10-16(17)19)18(23)22-8-6-15(7-9-22)21-11-13-2-3-13/h4-5,10,12-13,15,21H,2-3,6-9,11H2,1H3. The molecule has 1 aromatic rings. The van der Waals surface area contributed by atoms with Crippen molar-refractivity contribution in [2.75, 3.05) is 19.6 Å². The van der Waals surface area contributed by atoms with Gasteiger partial charge in [-0.25, -0.2) is 4.39 Å². The van der Waals surface area contributed by atoms with Crippen LogP contribution in [0.5, 0.6) is 5.75 Å². The number of piperidine rings is 1. The van der Waals surface area contributed by atoms with Crippen LogP contribution in [-0.4, -0.2) is 42.6 Å². The molecule has 3 rings (SSSR count). The van der Waals surface area contributed by atoms with Crippen molar-refractivity contribution in [3.05, 3.63) is 29.0 Å². The van der Waals surface area contributed by atoms with E-state index in [4.69, 9.17) is 16.3 Å². The number of amides is 1. The van der Waals surface area contributed by atoms with E-state index in [-0.39, 0.29) is 10.9 Å². The number of hydrogen-bond donors (Lipinski definition) is 1. The van der Waals surface area contributed by atoms with Crippen molar-refractivity contribution in [3.8, 4) is 5.75 Å². The third-order valence-corrected chi connectivity index (χ3v) is 5.04. The largest absolute Gasteiger partial charge is 0.479 e. The third kappa shape index (κ3) is 4.61. The van der Waals surface area contributed by atoms with Crippen molar-refractivity contribution in [2.24, 2.45) is 5.92 Å². The first-order chi connectivity index (χ1) is 11.5. The lowest BCUT2D eigenvalue weighted by Crippen LogP contribution is -2.48. The number of nitrogens with zero attached hydrogens (tertiary/aromatic N) is 1. The monoisotopic (exact) mass is 354 g/mol. The number of halogens is 2. The predicted molar refractivity (Wildman–Crippen MR) is 91.8 cm³/mol. The average molecular weight is 355 g/mol. The van der Waals surface area contributed by atoms with Crippen LogP contribution in [0.2, 0.25) is 5.02 Å². The molecule has 0 spiro atoms. The Bertz CT molecular complexity index is 586. The van der Waals surface area contributed by atoms with E-state index in [0.717, 1.165) is 38.4 Å². The molecule has 1 saturated heterocycles. The van der Waals surface area contributed by atoms with Gasteiger partial charge >= 0.3 is 0 Å². The number of rotatable bonds is 6. The molecule has 132 valence electrons. The number of likely N-dealkylation sites (tertiary alicyclic amines) is 1. The van der Waals surface area contributed by atoms with Gasteiger partial charge in [-0.3, -0.25) is 4.79 Å². The fraction of sp³-hybridized carbons (Fsp3) is 0.611. The van der Waals surface area contributed by atoms with Crippen LogP contribution in [0.4, 0.5) is 4.39 Å². The van der Waals surface area contributed by atoms with Gasteiger partial charge in [0.05, 0.1) is 5.02 Å². The minimum Gasteiger partial charge on any atom is -0.479 e. The van der Waals surface area contributed by atoms with Crippen LogP contribution in [-0.2, 0) is 4.79 Å². The molecule has 1 saturated carbocycles. The zero-order chi connectivity index (χ0) is 17.1. The fourth-order valence-electron chi connectivity index (χ4n) is 3.03. The molecular formula is C18H24ClFN2O2. The van der Waals surface area contributed by atoms with Crippen molar-refractivity contribution in [3.63, 3.8) is 0 Å². The summed E-state index contributed by atoms with van der Waals surface area (Å²) < 4.78 is 18.7. The van der Waals surface area contributed by atoms with Crippen LogP contribution in [0.1, 0.15) is 32.6 Å². The first kappa shape index (κ1) is 17.5. The van der Waals surface area contributed by atoms with E-state index in [1.54, 1.807) is 6.92 Å². The van der Waals surface area contributed by atoms with Crippen LogP contribution >= 0.6 is 11.6 Å². The van der Waals surface area contributed by atoms with E-state index < -0.39 is 11.9 Å². The van der Waals surface area contributed by atoms with Gasteiger partial charge in [0.1, 0.15) is 11.6 Å². The lowest BCUT2D eigenvalue weighted by molar-refractivity contribution is -0.139. The fourth-order valence-corrected chi connectivity index (χ4v) is 3.24. The molecule has 2 fully saturated rings. The first-order valence-corrected chi connectivity index (χ1v) is 9.04. The molecule has 1 atom stereocenters. The highest BCUT2D eigenvalue weighted by Crippen LogP contribution is 2.28. The van der Waals surface area contributed by atoms with Crippen LogP contribution in [0.3, 0.4) is 0 Å². The summed E-state index contributed by atoms with van der Waals surface area (Å²) in [5.74, 6) is 0.738. The van der Waals surface area contributed by atoms with Gasteiger partial charge in [0.15, 0.2) is 6.10 Å². The molecule has 1 amide bonds. The van der Waals surface area contributed by atoms with Crippen LogP contribution in [0.25, 0.3) is 0 Å². The summed E-state index contributed by atoms with van der Waals surface area (Å²) in [6, 6.07) is 4.42. The lowest BCUT2D eigenvalue weighted by Gasteiger charge is -2.34. The molecule has 1 heterocycles. The Labute approximate surface area is 147 Å². The summed E-state index contributed by atoms with van der Waals surface area (Å²) in [6.45, 7) is 4.30. The van der Waals surface area contributed by atoms with Gasteiger partial charge in [-0.2, -0.15) is 0 Å². The molecule has 6 heteroatoms. The molecule has 1 unspecified atom stereocenters. The van der Waals surface area contributed by atoms with E-state index in [9.17, 15) is 9.18 Å². The summed E-state index contributed by atoms with van der Waals surface area (Å²) in [4.78, 5) is 14.4. The maximum absolute atomic E-state index is 13.1. The molecular weight excluding hydrogens is 331 g/mol. The van der Waals surface area contributed by atoms with Crippen molar-refractivity contribution in [2.45, 2.75) is 44.8 Å². The number of carbonyl (C=O) groups excluding carboxylic acids is 1. The highest BCUT2D eigenvalue weighted by atomic mass is 35.5. The second kappa shape index (κ2) is 7.70. The second-order valence-corrected chi connectivity index (χ2v) is 7.19. The second-order valence-electron chi connectivity index (χ2n) is 6.79. The smallest absolute Gasteiger partial charge is 0.263 e. The minimum absolute atomic E-state index is 0.0453. The maximum Gasteiger partial charge on any atom is 0.263 e. The highest BCUT2D eigenvalue weighted by molar-refractivity contribution is 6.32. The van der Waals surface area contributed by atoms with Gasteiger partial charge in [-0.1, -0.05) is 11.6 Å². The summed E-state index contributed by atoms with van der Waals surface area (Å²) in [7, 11) is 0. The van der Waals surface area contributed by atoms with E-state index in [1.807, 2.05) is 4.90 Å².